The van der Waals surface area contributed by atoms with Crippen molar-refractivity contribution in [3.8, 4) is 0 Å². The van der Waals surface area contributed by atoms with Gasteiger partial charge in [-0.1, -0.05) is 54.2 Å². The molecule has 0 bridgehead atoms. The molecule has 8 heteroatoms. The first-order valence-electron chi connectivity index (χ1n) is 8.58. The number of sulfonamides is 1. The topological polar surface area (TPSA) is 81.1 Å². The average molecular weight is 404 g/mol. The Morgan fingerprint density at radius 3 is 2.52 bits per heavy atom. The summed E-state index contributed by atoms with van der Waals surface area (Å²) in [6.07, 6.45) is 0.474. The van der Waals surface area contributed by atoms with E-state index in [2.05, 4.69) is 9.71 Å². The van der Waals surface area contributed by atoms with E-state index in [-0.39, 0.29) is 11.3 Å². The van der Waals surface area contributed by atoms with Gasteiger partial charge in [-0.25, -0.2) is 18.1 Å². The molecule has 0 aliphatic carbocycles. The van der Waals surface area contributed by atoms with Crippen LogP contribution in [0, 0.1) is 0 Å². The molecule has 0 saturated carbocycles. The van der Waals surface area contributed by atoms with Crippen LogP contribution in [0.25, 0.3) is 10.9 Å². The summed E-state index contributed by atoms with van der Waals surface area (Å²) >= 11 is 1.41. The van der Waals surface area contributed by atoms with Crippen molar-refractivity contribution in [1.82, 2.24) is 14.3 Å². The highest BCUT2D eigenvalue weighted by molar-refractivity contribution is 7.99. The van der Waals surface area contributed by atoms with E-state index in [1.165, 1.54) is 18.8 Å². The van der Waals surface area contributed by atoms with E-state index in [0.29, 0.717) is 34.8 Å². The van der Waals surface area contributed by atoms with Crippen LogP contribution in [-0.2, 0) is 16.6 Å². The van der Waals surface area contributed by atoms with Gasteiger partial charge in [-0.2, -0.15) is 0 Å². The fraction of sp³-hybridized carbons (Fsp3) is 0.263. The van der Waals surface area contributed by atoms with E-state index in [0.717, 1.165) is 5.56 Å². The molecule has 1 aromatic heterocycles. The minimum absolute atomic E-state index is 0.0486. The monoisotopic (exact) mass is 403 g/mol. The van der Waals surface area contributed by atoms with Crippen molar-refractivity contribution < 1.29 is 8.42 Å². The minimum Gasteiger partial charge on any atom is -0.283 e. The van der Waals surface area contributed by atoms with Gasteiger partial charge in [0.1, 0.15) is 0 Å². The third kappa shape index (κ3) is 4.97. The highest BCUT2D eigenvalue weighted by Crippen LogP contribution is 2.20. The Kier molecular flexibility index (Phi) is 6.30. The van der Waals surface area contributed by atoms with Gasteiger partial charge in [-0.15, -0.1) is 0 Å². The second-order valence-electron chi connectivity index (χ2n) is 6.01. The van der Waals surface area contributed by atoms with Crippen LogP contribution in [0.3, 0.4) is 0 Å². The SMILES string of the molecule is CNS(=O)(=O)CCCSc1nc2ccccc2c(=O)n1Cc1ccccc1. The number of thioether (sulfide) groups is 1. The third-order valence-corrected chi connectivity index (χ3v) is 6.62. The molecule has 0 fully saturated rings. The first-order valence-corrected chi connectivity index (χ1v) is 11.2. The number of hydrogen-bond donors (Lipinski definition) is 1. The van der Waals surface area contributed by atoms with E-state index in [1.807, 2.05) is 48.5 Å². The smallest absolute Gasteiger partial charge is 0.262 e. The van der Waals surface area contributed by atoms with Crippen molar-refractivity contribution in [2.24, 2.45) is 0 Å². The van der Waals surface area contributed by atoms with Gasteiger partial charge in [0.25, 0.3) is 5.56 Å². The van der Waals surface area contributed by atoms with E-state index < -0.39 is 10.0 Å². The summed E-state index contributed by atoms with van der Waals surface area (Å²) in [5, 5.41) is 1.18. The maximum Gasteiger partial charge on any atom is 0.262 e. The predicted molar refractivity (Wildman–Crippen MR) is 110 cm³/mol. The average Bonchev–Trinajstić information content (AvgIpc) is 2.69. The van der Waals surface area contributed by atoms with Gasteiger partial charge in [0.2, 0.25) is 10.0 Å². The number of hydrogen-bond acceptors (Lipinski definition) is 5. The fourth-order valence-electron chi connectivity index (χ4n) is 2.68. The zero-order chi connectivity index (χ0) is 19.3. The van der Waals surface area contributed by atoms with Gasteiger partial charge in [0.15, 0.2) is 5.16 Å². The number of rotatable bonds is 8. The Bertz CT molecular complexity index is 1080. The summed E-state index contributed by atoms with van der Waals surface area (Å²) in [4.78, 5) is 17.6. The van der Waals surface area contributed by atoms with Crippen LogP contribution in [0.4, 0.5) is 0 Å². The Labute approximate surface area is 162 Å². The van der Waals surface area contributed by atoms with Crippen LogP contribution in [0.2, 0.25) is 0 Å². The van der Waals surface area contributed by atoms with Crippen molar-refractivity contribution in [2.75, 3.05) is 18.6 Å². The number of fused-ring (bicyclic) bond motifs is 1. The molecule has 6 nitrogen and oxygen atoms in total. The van der Waals surface area contributed by atoms with Crippen LogP contribution in [0.15, 0.2) is 64.5 Å². The molecule has 0 unspecified atom stereocenters. The second kappa shape index (κ2) is 8.69. The Morgan fingerprint density at radius 2 is 1.78 bits per heavy atom. The molecule has 27 heavy (non-hydrogen) atoms. The van der Waals surface area contributed by atoms with Gasteiger partial charge in [-0.3, -0.25) is 9.36 Å². The minimum atomic E-state index is -3.23. The summed E-state index contributed by atoms with van der Waals surface area (Å²) in [6.45, 7) is 0.425. The molecule has 0 amide bonds. The first-order chi connectivity index (χ1) is 13.0. The zero-order valence-corrected chi connectivity index (χ0v) is 16.6. The maximum absolute atomic E-state index is 13.0. The molecule has 0 aliphatic rings. The number of nitrogens with one attached hydrogen (secondary N) is 1. The number of para-hydroxylation sites is 1. The third-order valence-electron chi connectivity index (χ3n) is 4.11. The molecule has 1 heterocycles. The fourth-order valence-corrected chi connectivity index (χ4v) is 4.53. The van der Waals surface area contributed by atoms with Crippen LogP contribution in [-0.4, -0.2) is 36.5 Å². The lowest BCUT2D eigenvalue weighted by Gasteiger charge is -2.13. The maximum atomic E-state index is 13.0. The van der Waals surface area contributed by atoms with Crippen LogP contribution >= 0.6 is 11.8 Å². The van der Waals surface area contributed by atoms with E-state index >= 15 is 0 Å². The standard InChI is InChI=1S/C19H21N3O3S2/c1-20-27(24,25)13-7-12-26-19-21-17-11-6-5-10-16(17)18(23)22(19)14-15-8-3-2-4-9-15/h2-6,8-11,20H,7,12-14H2,1H3. The Hall–Kier alpha value is -2.16. The summed E-state index contributed by atoms with van der Waals surface area (Å²) in [7, 11) is -1.82. The van der Waals surface area contributed by atoms with Gasteiger partial charge >= 0.3 is 0 Å². The van der Waals surface area contributed by atoms with Crippen LogP contribution in [0.5, 0.6) is 0 Å². The molecular weight excluding hydrogens is 382 g/mol. The molecule has 1 N–H and O–H groups in total. The molecule has 0 saturated heterocycles. The lowest BCUT2D eigenvalue weighted by molar-refractivity contribution is 0.587. The van der Waals surface area contributed by atoms with Crippen LogP contribution in [0.1, 0.15) is 12.0 Å². The molecule has 0 aliphatic heterocycles. The highest BCUT2D eigenvalue weighted by Gasteiger charge is 2.13. The van der Waals surface area contributed by atoms with E-state index in [4.69, 9.17) is 0 Å². The van der Waals surface area contributed by atoms with Gasteiger partial charge in [0.05, 0.1) is 23.2 Å². The summed E-state index contributed by atoms with van der Waals surface area (Å²) in [6, 6.07) is 17.0. The number of benzene rings is 2. The first kappa shape index (κ1) is 19.6. The molecule has 142 valence electrons. The molecule has 2 aromatic carbocycles. The Balaban J connectivity index is 1.89. The quantitative estimate of drug-likeness (QED) is 0.355. The molecule has 0 radical (unpaired) electrons. The van der Waals surface area contributed by atoms with Crippen LogP contribution < -0.4 is 10.3 Å². The van der Waals surface area contributed by atoms with E-state index in [9.17, 15) is 13.2 Å². The predicted octanol–water partition coefficient (Wildman–Crippen LogP) is 2.48. The molecular formula is C19H21N3O3S2. The summed E-state index contributed by atoms with van der Waals surface area (Å²) < 4.78 is 27.1. The number of nitrogens with zero attached hydrogens (tertiary/aromatic N) is 2. The van der Waals surface area contributed by atoms with Crippen molar-refractivity contribution in [3.63, 3.8) is 0 Å². The molecule has 3 rings (SSSR count). The van der Waals surface area contributed by atoms with E-state index in [1.54, 1.807) is 10.6 Å². The van der Waals surface area contributed by atoms with Crippen molar-refractivity contribution in [1.29, 1.82) is 0 Å². The molecule has 3 aromatic rings. The zero-order valence-electron chi connectivity index (χ0n) is 15.0. The van der Waals surface area contributed by atoms with Gasteiger partial charge < -0.3 is 0 Å². The summed E-state index contributed by atoms with van der Waals surface area (Å²) in [5.41, 5.74) is 1.57. The van der Waals surface area contributed by atoms with Crippen molar-refractivity contribution in [2.45, 2.75) is 18.1 Å². The van der Waals surface area contributed by atoms with Crippen molar-refractivity contribution in [3.05, 3.63) is 70.5 Å². The van der Waals surface area contributed by atoms with Gasteiger partial charge in [0, 0.05) is 5.75 Å². The number of aromatic nitrogens is 2. The highest BCUT2D eigenvalue weighted by atomic mass is 32.2. The largest absolute Gasteiger partial charge is 0.283 e. The Morgan fingerprint density at radius 1 is 1.07 bits per heavy atom. The lowest BCUT2D eigenvalue weighted by atomic mass is 10.2. The van der Waals surface area contributed by atoms with Crippen molar-refractivity contribution >= 4 is 32.7 Å². The molecule has 0 spiro atoms. The second-order valence-corrected chi connectivity index (χ2v) is 9.12. The summed E-state index contributed by atoms with van der Waals surface area (Å²) in [5.74, 6) is 0.605. The lowest BCUT2D eigenvalue weighted by Crippen LogP contribution is -2.24. The normalized spacial score (nSPS) is 11.7. The van der Waals surface area contributed by atoms with Gasteiger partial charge in [-0.05, 0) is 31.2 Å². The molecule has 0 atom stereocenters.